The average molecular weight is 357 g/mol. The Morgan fingerprint density at radius 1 is 0.909 bits per heavy atom. The van der Waals surface area contributed by atoms with E-state index in [0.29, 0.717) is 23.1 Å². The number of nitrogens with one attached hydrogen (secondary N) is 2. The number of nitrogen functional groups attached to an aromatic ring is 1. The van der Waals surface area contributed by atoms with Crippen molar-refractivity contribution in [2.45, 2.75) is 0 Å². The summed E-state index contributed by atoms with van der Waals surface area (Å²) in [6.45, 7) is 0. The monoisotopic (exact) mass is 356 g/mol. The van der Waals surface area contributed by atoms with Crippen LogP contribution in [0.15, 0.2) is 59.5 Å². The minimum Gasteiger partial charge on any atom is -0.393 e. The molecule has 110 valence electrons. The molecule has 1 aromatic carbocycles. The fraction of sp³-hybridized carbons (Fsp3) is 0. The number of aromatic nitrogens is 3. The molecule has 0 bridgehead atoms. The summed E-state index contributed by atoms with van der Waals surface area (Å²) >= 11 is 3.43. The normalized spacial score (nSPS) is 10.2. The molecule has 0 atom stereocenters. The summed E-state index contributed by atoms with van der Waals surface area (Å²) in [7, 11) is 0. The molecule has 0 radical (unpaired) electrons. The Morgan fingerprint density at radius 3 is 2.45 bits per heavy atom. The molecule has 22 heavy (non-hydrogen) atoms. The molecule has 3 rings (SSSR count). The quantitative estimate of drug-likeness (QED) is 0.660. The van der Waals surface area contributed by atoms with E-state index in [1.54, 1.807) is 6.20 Å². The van der Waals surface area contributed by atoms with Crippen LogP contribution in [0, 0.1) is 0 Å². The topological polar surface area (TPSA) is 88.8 Å². The molecule has 7 heteroatoms. The van der Waals surface area contributed by atoms with E-state index in [2.05, 4.69) is 41.5 Å². The van der Waals surface area contributed by atoms with Crippen LogP contribution >= 0.6 is 15.9 Å². The second-order valence-electron chi connectivity index (χ2n) is 4.46. The van der Waals surface area contributed by atoms with E-state index >= 15 is 0 Å². The number of hydrogen-bond donors (Lipinski definition) is 3. The number of rotatable bonds is 4. The lowest BCUT2D eigenvalue weighted by Crippen LogP contribution is -2.05. The van der Waals surface area contributed by atoms with Crippen molar-refractivity contribution in [3.05, 3.63) is 59.5 Å². The van der Waals surface area contributed by atoms with Crippen molar-refractivity contribution < 1.29 is 0 Å². The Hall–Kier alpha value is -2.67. The highest BCUT2D eigenvalue weighted by atomic mass is 79.9. The van der Waals surface area contributed by atoms with Crippen LogP contribution in [0.25, 0.3) is 0 Å². The first-order chi connectivity index (χ1) is 10.7. The fourth-order valence-corrected chi connectivity index (χ4v) is 2.25. The van der Waals surface area contributed by atoms with Gasteiger partial charge in [0.05, 0.1) is 0 Å². The smallest absolute Gasteiger partial charge is 0.160 e. The SMILES string of the molecule is Nc1c(Nc2cccc(Br)c2)ncnc1Nc1ccccn1. The van der Waals surface area contributed by atoms with Crippen molar-refractivity contribution in [3.8, 4) is 0 Å². The molecule has 0 fully saturated rings. The summed E-state index contributed by atoms with van der Waals surface area (Å²) in [6, 6.07) is 13.3. The third kappa shape index (κ3) is 3.32. The lowest BCUT2D eigenvalue weighted by atomic mass is 10.3. The van der Waals surface area contributed by atoms with Crippen LogP contribution in [0.3, 0.4) is 0 Å². The predicted octanol–water partition coefficient (Wildman–Crippen LogP) is 3.70. The van der Waals surface area contributed by atoms with Gasteiger partial charge in [0.1, 0.15) is 17.8 Å². The number of halogens is 1. The second kappa shape index (κ2) is 6.40. The largest absolute Gasteiger partial charge is 0.393 e. The highest BCUT2D eigenvalue weighted by Gasteiger charge is 2.09. The van der Waals surface area contributed by atoms with Gasteiger partial charge in [0, 0.05) is 16.4 Å². The van der Waals surface area contributed by atoms with Gasteiger partial charge in [-0.1, -0.05) is 28.1 Å². The van der Waals surface area contributed by atoms with Crippen molar-refractivity contribution in [2.75, 3.05) is 16.4 Å². The number of nitrogens with zero attached hydrogens (tertiary/aromatic N) is 3. The third-order valence-electron chi connectivity index (χ3n) is 2.88. The first kappa shape index (κ1) is 14.3. The van der Waals surface area contributed by atoms with Crippen molar-refractivity contribution in [1.82, 2.24) is 15.0 Å². The Kier molecular flexibility index (Phi) is 4.15. The molecule has 0 aliphatic heterocycles. The maximum Gasteiger partial charge on any atom is 0.160 e. The molecule has 2 aromatic heterocycles. The second-order valence-corrected chi connectivity index (χ2v) is 5.38. The van der Waals surface area contributed by atoms with Gasteiger partial charge >= 0.3 is 0 Å². The van der Waals surface area contributed by atoms with Gasteiger partial charge in [0.2, 0.25) is 0 Å². The zero-order chi connectivity index (χ0) is 15.4. The lowest BCUT2D eigenvalue weighted by Gasteiger charge is -2.12. The van der Waals surface area contributed by atoms with Crippen LogP contribution in [0.4, 0.5) is 28.8 Å². The van der Waals surface area contributed by atoms with Gasteiger partial charge in [-0.2, -0.15) is 0 Å². The zero-order valence-corrected chi connectivity index (χ0v) is 13.1. The molecule has 0 spiro atoms. The number of pyridine rings is 1. The molecule has 0 amide bonds. The van der Waals surface area contributed by atoms with Gasteiger partial charge in [-0.25, -0.2) is 15.0 Å². The van der Waals surface area contributed by atoms with Gasteiger partial charge < -0.3 is 16.4 Å². The van der Waals surface area contributed by atoms with Gasteiger partial charge in [-0.15, -0.1) is 0 Å². The van der Waals surface area contributed by atoms with E-state index in [4.69, 9.17) is 5.73 Å². The van der Waals surface area contributed by atoms with Crippen LogP contribution in [0.2, 0.25) is 0 Å². The van der Waals surface area contributed by atoms with Crippen LogP contribution in [0.1, 0.15) is 0 Å². The summed E-state index contributed by atoms with van der Waals surface area (Å²) in [5, 5.41) is 6.25. The maximum atomic E-state index is 6.13. The highest BCUT2D eigenvalue weighted by molar-refractivity contribution is 9.10. The Labute approximate surface area is 136 Å². The molecule has 6 nitrogen and oxygen atoms in total. The zero-order valence-electron chi connectivity index (χ0n) is 11.5. The summed E-state index contributed by atoms with van der Waals surface area (Å²) in [5.74, 6) is 1.71. The van der Waals surface area contributed by atoms with E-state index in [1.165, 1.54) is 6.33 Å². The third-order valence-corrected chi connectivity index (χ3v) is 3.38. The number of benzene rings is 1. The van der Waals surface area contributed by atoms with Gasteiger partial charge in [-0.05, 0) is 30.3 Å². The maximum absolute atomic E-state index is 6.13. The van der Waals surface area contributed by atoms with E-state index in [-0.39, 0.29) is 0 Å². The van der Waals surface area contributed by atoms with Crippen molar-refractivity contribution in [3.63, 3.8) is 0 Å². The molecule has 0 unspecified atom stereocenters. The Morgan fingerprint density at radius 2 is 1.73 bits per heavy atom. The molecule has 3 aromatic rings. The van der Waals surface area contributed by atoms with Crippen molar-refractivity contribution in [1.29, 1.82) is 0 Å². The number of hydrogen-bond acceptors (Lipinski definition) is 6. The molecule has 2 heterocycles. The van der Waals surface area contributed by atoms with E-state index in [1.807, 2.05) is 42.5 Å². The predicted molar refractivity (Wildman–Crippen MR) is 91.4 cm³/mol. The minimum atomic E-state index is 0.424. The molecular formula is C15H13BrN6. The lowest BCUT2D eigenvalue weighted by molar-refractivity contribution is 1.16. The first-order valence-corrected chi connectivity index (χ1v) is 7.33. The van der Waals surface area contributed by atoms with Gasteiger partial charge in [0.25, 0.3) is 0 Å². The molecule has 4 N–H and O–H groups in total. The molecular weight excluding hydrogens is 344 g/mol. The number of anilines is 5. The summed E-state index contributed by atoms with van der Waals surface area (Å²) in [6.07, 6.45) is 3.14. The molecule has 0 saturated carbocycles. The summed E-state index contributed by atoms with van der Waals surface area (Å²) < 4.78 is 0.969. The van der Waals surface area contributed by atoms with Crippen molar-refractivity contribution in [2.24, 2.45) is 0 Å². The van der Waals surface area contributed by atoms with E-state index in [9.17, 15) is 0 Å². The first-order valence-electron chi connectivity index (χ1n) is 6.53. The van der Waals surface area contributed by atoms with Gasteiger partial charge in [0.15, 0.2) is 11.6 Å². The van der Waals surface area contributed by atoms with Crippen LogP contribution < -0.4 is 16.4 Å². The van der Waals surface area contributed by atoms with E-state index in [0.717, 1.165) is 10.2 Å². The van der Waals surface area contributed by atoms with Crippen LogP contribution in [-0.4, -0.2) is 15.0 Å². The Balaban J connectivity index is 1.86. The Bertz CT molecular complexity index is 778. The molecule has 0 aliphatic carbocycles. The molecule has 0 aliphatic rings. The summed E-state index contributed by atoms with van der Waals surface area (Å²) in [4.78, 5) is 12.5. The van der Waals surface area contributed by atoms with Crippen LogP contribution in [0.5, 0.6) is 0 Å². The van der Waals surface area contributed by atoms with Crippen molar-refractivity contribution >= 4 is 44.8 Å². The standard InChI is InChI=1S/C15H13BrN6/c16-10-4-3-5-11(8-10)21-14-13(17)15(20-9-19-14)22-12-6-1-2-7-18-12/h1-9H,17H2,(H2,18,19,20,21,22). The average Bonchev–Trinajstić information content (AvgIpc) is 2.52. The molecule has 0 saturated heterocycles. The van der Waals surface area contributed by atoms with Crippen LogP contribution in [-0.2, 0) is 0 Å². The highest BCUT2D eigenvalue weighted by Crippen LogP contribution is 2.28. The van der Waals surface area contributed by atoms with Gasteiger partial charge in [-0.3, -0.25) is 0 Å². The fourth-order valence-electron chi connectivity index (χ4n) is 1.86. The minimum absolute atomic E-state index is 0.424. The summed E-state index contributed by atoms with van der Waals surface area (Å²) in [5.41, 5.74) is 7.43. The van der Waals surface area contributed by atoms with E-state index < -0.39 is 0 Å². The number of nitrogens with two attached hydrogens (primary N) is 1.